The fraction of sp³-hybridized carbons (Fsp3) is 0.611. The predicted octanol–water partition coefficient (Wildman–Crippen LogP) is 2.50. The second-order valence-electron chi connectivity index (χ2n) is 6.65. The molecule has 1 aliphatic rings. The molecule has 1 aliphatic heterocycles. The number of nitrogens with zero attached hydrogens (tertiary/aromatic N) is 1. The van der Waals surface area contributed by atoms with Gasteiger partial charge in [-0.1, -0.05) is 25.4 Å². The first-order valence-corrected chi connectivity index (χ1v) is 8.81. The number of aryl methyl sites for hydroxylation is 1. The van der Waals surface area contributed by atoms with Crippen molar-refractivity contribution in [2.75, 3.05) is 39.4 Å². The van der Waals surface area contributed by atoms with E-state index >= 15 is 0 Å². The summed E-state index contributed by atoms with van der Waals surface area (Å²) in [4.78, 5) is 14.3. The number of rotatable bonds is 7. The molecule has 134 valence electrons. The molecule has 1 aromatic carbocycles. The number of nitrogens with one attached hydrogen (secondary N) is 1. The zero-order valence-electron chi connectivity index (χ0n) is 14.7. The first-order valence-electron chi connectivity index (χ1n) is 8.43. The Bertz CT molecular complexity index is 551. The quantitative estimate of drug-likeness (QED) is 0.817. The Labute approximate surface area is 149 Å². The highest BCUT2D eigenvalue weighted by molar-refractivity contribution is 6.31. The molecule has 0 radical (unpaired) electrons. The van der Waals surface area contributed by atoms with Crippen molar-refractivity contribution in [3.63, 3.8) is 0 Å². The molecule has 6 heteroatoms. The van der Waals surface area contributed by atoms with Gasteiger partial charge in [0.05, 0.1) is 12.7 Å². The largest absolute Gasteiger partial charge is 0.484 e. The zero-order valence-corrected chi connectivity index (χ0v) is 15.4. The van der Waals surface area contributed by atoms with E-state index in [4.69, 9.17) is 21.1 Å². The molecule has 2 rings (SSSR count). The van der Waals surface area contributed by atoms with Crippen molar-refractivity contribution in [3.05, 3.63) is 28.8 Å². The van der Waals surface area contributed by atoms with Crippen LogP contribution in [0.15, 0.2) is 18.2 Å². The van der Waals surface area contributed by atoms with Crippen LogP contribution in [-0.4, -0.2) is 56.3 Å². The highest BCUT2D eigenvalue weighted by Gasteiger charge is 2.21. The van der Waals surface area contributed by atoms with Crippen LogP contribution < -0.4 is 10.1 Å². The third kappa shape index (κ3) is 6.30. The minimum Gasteiger partial charge on any atom is -0.484 e. The minimum absolute atomic E-state index is 0.0104. The molecule has 1 heterocycles. The fourth-order valence-corrected chi connectivity index (χ4v) is 2.84. The molecule has 1 fully saturated rings. The fourth-order valence-electron chi connectivity index (χ4n) is 2.72. The van der Waals surface area contributed by atoms with Gasteiger partial charge in [0.15, 0.2) is 6.61 Å². The lowest BCUT2D eigenvalue weighted by atomic mass is 10.2. The lowest BCUT2D eigenvalue weighted by molar-refractivity contribution is -0.124. The number of hydrogen-bond donors (Lipinski definition) is 1. The normalized spacial score (nSPS) is 18.6. The van der Waals surface area contributed by atoms with E-state index in [-0.39, 0.29) is 18.6 Å². The van der Waals surface area contributed by atoms with Gasteiger partial charge in [-0.25, -0.2) is 0 Å². The Morgan fingerprint density at radius 3 is 3.00 bits per heavy atom. The monoisotopic (exact) mass is 354 g/mol. The summed E-state index contributed by atoms with van der Waals surface area (Å²) in [5.74, 6) is 1.13. The first kappa shape index (κ1) is 19.0. The Kier molecular flexibility index (Phi) is 7.34. The average Bonchev–Trinajstić information content (AvgIpc) is 2.54. The summed E-state index contributed by atoms with van der Waals surface area (Å²) in [7, 11) is 0. The van der Waals surface area contributed by atoms with Gasteiger partial charge in [0.1, 0.15) is 5.75 Å². The number of carbonyl (C=O) groups excluding carboxylic acids is 1. The zero-order chi connectivity index (χ0) is 17.5. The molecule has 1 N–H and O–H groups in total. The van der Waals surface area contributed by atoms with Crippen LogP contribution >= 0.6 is 11.6 Å². The molecule has 0 bridgehead atoms. The molecular formula is C18H27ClN2O3. The van der Waals surface area contributed by atoms with Gasteiger partial charge in [0, 0.05) is 31.2 Å². The van der Waals surface area contributed by atoms with Gasteiger partial charge >= 0.3 is 0 Å². The molecule has 1 atom stereocenters. The van der Waals surface area contributed by atoms with Gasteiger partial charge in [-0.05, 0) is 36.6 Å². The second kappa shape index (κ2) is 9.25. The minimum atomic E-state index is -0.146. The van der Waals surface area contributed by atoms with E-state index in [0.29, 0.717) is 29.8 Å². The van der Waals surface area contributed by atoms with Gasteiger partial charge in [-0.3, -0.25) is 9.69 Å². The number of morpholine rings is 1. The Morgan fingerprint density at radius 2 is 2.29 bits per heavy atom. The van der Waals surface area contributed by atoms with E-state index in [2.05, 4.69) is 24.1 Å². The summed E-state index contributed by atoms with van der Waals surface area (Å²) in [6.07, 6.45) is 0.0410. The number of ether oxygens (including phenoxy) is 2. The molecule has 24 heavy (non-hydrogen) atoms. The van der Waals surface area contributed by atoms with Crippen molar-refractivity contribution in [3.8, 4) is 5.75 Å². The SMILES string of the molecule is Cc1cc(OCC(=O)NCC2CN(CC(C)C)CCO2)ccc1Cl. The lowest BCUT2D eigenvalue weighted by Crippen LogP contribution is -2.48. The highest BCUT2D eigenvalue weighted by Crippen LogP contribution is 2.20. The summed E-state index contributed by atoms with van der Waals surface area (Å²) in [6.45, 7) is 10.4. The van der Waals surface area contributed by atoms with E-state index in [1.807, 2.05) is 13.0 Å². The summed E-state index contributed by atoms with van der Waals surface area (Å²) >= 11 is 5.97. The van der Waals surface area contributed by atoms with E-state index < -0.39 is 0 Å². The molecule has 1 saturated heterocycles. The van der Waals surface area contributed by atoms with Gasteiger partial charge in [0.25, 0.3) is 5.91 Å². The van der Waals surface area contributed by atoms with Crippen LogP contribution in [0.4, 0.5) is 0 Å². The van der Waals surface area contributed by atoms with Gasteiger partial charge < -0.3 is 14.8 Å². The third-order valence-corrected chi connectivity index (χ3v) is 4.30. The molecule has 1 unspecified atom stereocenters. The number of amides is 1. The molecule has 1 aromatic rings. The first-order chi connectivity index (χ1) is 11.4. The van der Waals surface area contributed by atoms with Crippen LogP contribution in [0.25, 0.3) is 0 Å². The van der Waals surface area contributed by atoms with Crippen LogP contribution in [0.2, 0.25) is 5.02 Å². The molecule has 1 amide bonds. The highest BCUT2D eigenvalue weighted by atomic mass is 35.5. The van der Waals surface area contributed by atoms with Crippen LogP contribution in [0.1, 0.15) is 19.4 Å². The van der Waals surface area contributed by atoms with E-state index in [0.717, 1.165) is 25.2 Å². The van der Waals surface area contributed by atoms with Gasteiger partial charge in [0.2, 0.25) is 0 Å². The van der Waals surface area contributed by atoms with Gasteiger partial charge in [-0.2, -0.15) is 0 Å². The Morgan fingerprint density at radius 1 is 1.50 bits per heavy atom. The molecule has 0 aliphatic carbocycles. The van der Waals surface area contributed by atoms with Crippen molar-refractivity contribution in [2.24, 2.45) is 5.92 Å². The smallest absolute Gasteiger partial charge is 0.258 e. The standard InChI is InChI=1S/C18H27ClN2O3/c1-13(2)10-21-6-7-23-16(11-21)9-20-18(22)12-24-15-4-5-17(19)14(3)8-15/h4-5,8,13,16H,6-7,9-12H2,1-3H3,(H,20,22). The maximum absolute atomic E-state index is 11.9. The number of carbonyl (C=O) groups is 1. The summed E-state index contributed by atoms with van der Waals surface area (Å²) < 4.78 is 11.2. The van der Waals surface area contributed by atoms with E-state index in [1.54, 1.807) is 12.1 Å². The van der Waals surface area contributed by atoms with Crippen LogP contribution in [0.3, 0.4) is 0 Å². The molecule has 5 nitrogen and oxygen atoms in total. The summed E-state index contributed by atoms with van der Waals surface area (Å²) in [5, 5.41) is 3.57. The van der Waals surface area contributed by atoms with Crippen molar-refractivity contribution in [1.29, 1.82) is 0 Å². The predicted molar refractivity (Wildman–Crippen MR) is 95.7 cm³/mol. The van der Waals surface area contributed by atoms with Crippen LogP contribution in [0.5, 0.6) is 5.75 Å². The number of hydrogen-bond acceptors (Lipinski definition) is 4. The number of halogens is 1. The third-order valence-electron chi connectivity index (χ3n) is 3.87. The van der Waals surface area contributed by atoms with Crippen molar-refractivity contribution in [2.45, 2.75) is 26.9 Å². The Hall–Kier alpha value is -1.30. The van der Waals surface area contributed by atoms with E-state index in [9.17, 15) is 4.79 Å². The summed E-state index contributed by atoms with van der Waals surface area (Å²) in [5.41, 5.74) is 0.926. The molecule has 0 saturated carbocycles. The van der Waals surface area contributed by atoms with Crippen molar-refractivity contribution >= 4 is 17.5 Å². The maximum Gasteiger partial charge on any atom is 0.258 e. The van der Waals surface area contributed by atoms with Crippen molar-refractivity contribution < 1.29 is 14.3 Å². The van der Waals surface area contributed by atoms with E-state index in [1.165, 1.54) is 0 Å². The van der Waals surface area contributed by atoms with Crippen LogP contribution in [-0.2, 0) is 9.53 Å². The van der Waals surface area contributed by atoms with Crippen LogP contribution in [0, 0.1) is 12.8 Å². The van der Waals surface area contributed by atoms with Crippen molar-refractivity contribution in [1.82, 2.24) is 10.2 Å². The van der Waals surface area contributed by atoms with Gasteiger partial charge in [-0.15, -0.1) is 0 Å². The molecule has 0 aromatic heterocycles. The molecular weight excluding hydrogens is 328 g/mol. The number of benzene rings is 1. The Balaban J connectivity index is 1.69. The molecule has 0 spiro atoms. The topological polar surface area (TPSA) is 50.8 Å². The second-order valence-corrected chi connectivity index (χ2v) is 7.06. The summed E-state index contributed by atoms with van der Waals surface area (Å²) in [6, 6.07) is 5.35. The lowest BCUT2D eigenvalue weighted by Gasteiger charge is -2.33. The average molecular weight is 355 g/mol. The maximum atomic E-state index is 11.9.